The van der Waals surface area contributed by atoms with Crippen LogP contribution in [0.15, 0.2) is 47.6 Å². The number of amides is 1. The predicted molar refractivity (Wildman–Crippen MR) is 90.8 cm³/mol. The van der Waals surface area contributed by atoms with Crippen molar-refractivity contribution in [2.24, 2.45) is 5.10 Å². The van der Waals surface area contributed by atoms with E-state index in [1.165, 1.54) is 6.07 Å². The van der Waals surface area contributed by atoms with E-state index in [0.717, 1.165) is 12.3 Å². The minimum absolute atomic E-state index is 0.160. The summed E-state index contributed by atoms with van der Waals surface area (Å²) in [4.78, 5) is 22.0. The van der Waals surface area contributed by atoms with Crippen molar-refractivity contribution in [3.63, 3.8) is 0 Å². The van der Waals surface area contributed by atoms with Crippen LogP contribution in [0.5, 0.6) is 11.5 Å². The molecule has 1 atom stereocenters. The molecule has 0 saturated heterocycles. The number of benzene rings is 2. The zero-order chi connectivity index (χ0) is 19.1. The van der Waals surface area contributed by atoms with Gasteiger partial charge < -0.3 is 14.9 Å². The molecule has 9 nitrogen and oxygen atoms in total. The fourth-order valence-electron chi connectivity index (χ4n) is 2.10. The Labute approximate surface area is 148 Å². The molecule has 0 unspecified atom stereocenters. The van der Waals surface area contributed by atoms with E-state index < -0.39 is 28.4 Å². The summed E-state index contributed by atoms with van der Waals surface area (Å²) in [6.07, 6.45) is -0.296. The number of carbonyl (C=O) groups excluding carboxylic acids is 1. The Morgan fingerprint density at radius 2 is 2.08 bits per heavy atom. The van der Waals surface area contributed by atoms with Gasteiger partial charge in [0.25, 0.3) is 11.6 Å². The topological polar surface area (TPSA) is 137 Å². The zero-order valence-electron chi connectivity index (χ0n) is 13.8. The molecule has 0 aliphatic carbocycles. The molecule has 0 heterocycles. The molecule has 2 N–H and O–H groups in total. The Kier molecular flexibility index (Phi) is 6.23. The summed E-state index contributed by atoms with van der Waals surface area (Å²) >= 11 is 0. The lowest BCUT2D eigenvalue weighted by molar-refractivity contribution is -0.398. The van der Waals surface area contributed by atoms with Crippen molar-refractivity contribution in [1.29, 1.82) is 0 Å². The van der Waals surface area contributed by atoms with Gasteiger partial charge in [0.2, 0.25) is 0 Å². The number of ether oxygens (including phenoxy) is 1. The number of aliphatic hydroxyl groups is 1. The summed E-state index contributed by atoms with van der Waals surface area (Å²) in [5.41, 5.74) is 2.06. The minimum atomic E-state index is -1.41. The van der Waals surface area contributed by atoms with Gasteiger partial charge >= 0.3 is 0 Å². The second-order valence-corrected chi connectivity index (χ2v) is 5.10. The molecule has 0 radical (unpaired) electrons. The van der Waals surface area contributed by atoms with E-state index in [9.17, 15) is 25.1 Å². The van der Waals surface area contributed by atoms with Crippen molar-refractivity contribution < 1.29 is 24.7 Å². The van der Waals surface area contributed by atoms with E-state index >= 15 is 0 Å². The van der Waals surface area contributed by atoms with E-state index in [4.69, 9.17) is 4.74 Å². The number of hydrogen-bond donors (Lipinski definition) is 2. The van der Waals surface area contributed by atoms with Crippen LogP contribution in [0.2, 0.25) is 0 Å². The highest BCUT2D eigenvalue weighted by Gasteiger charge is 2.16. The summed E-state index contributed by atoms with van der Waals surface area (Å²) in [6, 6.07) is 10.6. The first-order valence-electron chi connectivity index (χ1n) is 7.62. The van der Waals surface area contributed by atoms with Crippen LogP contribution >= 0.6 is 0 Å². The fourth-order valence-corrected chi connectivity index (χ4v) is 2.10. The maximum atomic E-state index is 11.9. The van der Waals surface area contributed by atoms with Crippen molar-refractivity contribution in [3.05, 3.63) is 63.7 Å². The van der Waals surface area contributed by atoms with Gasteiger partial charge in [-0.2, -0.15) is 5.10 Å². The number of aliphatic hydroxyl groups excluding tert-OH is 1. The van der Waals surface area contributed by atoms with Gasteiger partial charge in [-0.3, -0.25) is 14.9 Å². The van der Waals surface area contributed by atoms with Crippen molar-refractivity contribution in [2.45, 2.75) is 13.0 Å². The quantitative estimate of drug-likeness (QED) is 0.434. The smallest absolute Gasteiger partial charge is 0.273 e. The number of hydrazone groups is 1. The van der Waals surface area contributed by atoms with Crippen molar-refractivity contribution in [1.82, 2.24) is 5.43 Å². The second kappa shape index (κ2) is 8.58. The van der Waals surface area contributed by atoms with E-state index in [1.54, 1.807) is 37.3 Å². The highest BCUT2D eigenvalue weighted by molar-refractivity contribution is 5.86. The monoisotopic (exact) mass is 358 g/mol. The first-order chi connectivity index (χ1) is 12.4. The number of carbonyl (C=O) groups is 1. The van der Waals surface area contributed by atoms with Crippen molar-refractivity contribution in [2.75, 3.05) is 6.61 Å². The van der Waals surface area contributed by atoms with Gasteiger partial charge in [0.05, 0.1) is 17.7 Å². The van der Waals surface area contributed by atoms with Crippen LogP contribution in [-0.2, 0) is 4.79 Å². The van der Waals surface area contributed by atoms with Gasteiger partial charge in [-0.15, -0.1) is 0 Å². The van der Waals surface area contributed by atoms with Gasteiger partial charge in [-0.1, -0.05) is 30.3 Å². The van der Waals surface area contributed by atoms with Gasteiger partial charge in [0, 0.05) is 17.4 Å². The molecule has 0 fully saturated rings. The number of nitrogens with zero attached hydrogens (tertiary/aromatic N) is 2. The first-order valence-corrected chi connectivity index (χ1v) is 7.62. The Bertz CT molecular complexity index is 823. The van der Waals surface area contributed by atoms with Crippen molar-refractivity contribution >= 4 is 17.8 Å². The number of nitro benzene ring substituents is 1. The number of hydrogen-bond acceptors (Lipinski definition) is 7. The Morgan fingerprint density at radius 1 is 1.38 bits per heavy atom. The predicted octanol–water partition coefficient (Wildman–Crippen LogP) is 1.25. The summed E-state index contributed by atoms with van der Waals surface area (Å²) in [7, 11) is 0. The van der Waals surface area contributed by atoms with E-state index in [0.29, 0.717) is 5.56 Å². The largest absolute Gasteiger partial charge is 0.865 e. The lowest BCUT2D eigenvalue weighted by Gasteiger charge is -2.14. The lowest BCUT2D eigenvalue weighted by Crippen LogP contribution is -2.25. The molecule has 0 spiro atoms. The molecule has 2 rings (SSSR count). The van der Waals surface area contributed by atoms with Gasteiger partial charge in [0.15, 0.2) is 6.10 Å². The molecule has 2 aromatic rings. The summed E-state index contributed by atoms with van der Waals surface area (Å²) in [5.74, 6) is -1.79. The molecule has 0 bridgehead atoms. The van der Waals surface area contributed by atoms with Gasteiger partial charge in [-0.05, 0) is 18.6 Å². The SMILES string of the molecule is CCOc1cc(/C=N\NC(=O)[C@@H](O)c2ccccc2)cc([N+](=O)[O-])c1[O-]. The van der Waals surface area contributed by atoms with E-state index in [-0.39, 0.29) is 17.9 Å². The molecule has 1 amide bonds. The van der Waals surface area contributed by atoms with Gasteiger partial charge in [-0.25, -0.2) is 5.43 Å². The third-order valence-electron chi connectivity index (χ3n) is 3.31. The number of nitrogens with one attached hydrogen (secondary N) is 1. The van der Waals surface area contributed by atoms with Crippen LogP contribution in [0.1, 0.15) is 24.2 Å². The van der Waals surface area contributed by atoms with Crippen LogP contribution in [0, 0.1) is 10.1 Å². The van der Waals surface area contributed by atoms with E-state index in [1.807, 2.05) is 0 Å². The Morgan fingerprint density at radius 3 is 2.69 bits per heavy atom. The molecule has 9 heteroatoms. The van der Waals surface area contributed by atoms with Crippen LogP contribution < -0.4 is 15.3 Å². The fraction of sp³-hybridized carbons (Fsp3) is 0.176. The maximum absolute atomic E-state index is 11.9. The van der Waals surface area contributed by atoms with Crippen LogP contribution in [0.25, 0.3) is 0 Å². The zero-order valence-corrected chi connectivity index (χ0v) is 13.8. The summed E-state index contributed by atoms with van der Waals surface area (Å²) in [5, 5.41) is 36.4. The molecule has 0 saturated carbocycles. The van der Waals surface area contributed by atoms with E-state index in [2.05, 4.69) is 10.5 Å². The average molecular weight is 358 g/mol. The minimum Gasteiger partial charge on any atom is -0.865 e. The molecular weight excluding hydrogens is 342 g/mol. The standard InChI is InChI=1S/C17H17N3O6/c1-2-26-14-9-11(8-13(16(14)22)20(24)25)10-18-19-17(23)15(21)12-6-4-3-5-7-12/h3-10,15,21-22H,2H2,1H3,(H,19,23)/p-1/b18-10-/t15-/m0/s1. The average Bonchev–Trinajstić information content (AvgIpc) is 2.64. The second-order valence-electron chi connectivity index (χ2n) is 5.10. The highest BCUT2D eigenvalue weighted by atomic mass is 16.6. The summed E-state index contributed by atoms with van der Waals surface area (Å²) < 4.78 is 5.09. The van der Waals surface area contributed by atoms with Crippen molar-refractivity contribution in [3.8, 4) is 11.5 Å². The molecule has 136 valence electrons. The Balaban J connectivity index is 2.14. The molecular formula is C17H16N3O6-. The maximum Gasteiger partial charge on any atom is 0.273 e. The molecule has 0 aliphatic heterocycles. The third kappa shape index (κ3) is 4.54. The molecule has 0 aliphatic rings. The summed E-state index contributed by atoms with van der Waals surface area (Å²) in [6.45, 7) is 1.80. The van der Waals surface area contributed by atoms with Crippen LogP contribution in [0.3, 0.4) is 0 Å². The molecule has 0 aromatic heterocycles. The van der Waals surface area contributed by atoms with Gasteiger partial charge in [0.1, 0.15) is 5.75 Å². The highest BCUT2D eigenvalue weighted by Crippen LogP contribution is 2.34. The Hall–Kier alpha value is -3.46. The number of rotatable bonds is 7. The normalized spacial score (nSPS) is 11.9. The number of nitro groups is 1. The van der Waals surface area contributed by atoms with Crippen LogP contribution in [0.4, 0.5) is 5.69 Å². The molecule has 26 heavy (non-hydrogen) atoms. The van der Waals surface area contributed by atoms with Crippen LogP contribution in [-0.4, -0.2) is 28.8 Å². The lowest BCUT2D eigenvalue weighted by atomic mass is 10.1. The first kappa shape index (κ1) is 18.9. The molecule has 2 aromatic carbocycles. The third-order valence-corrected chi connectivity index (χ3v) is 3.31.